The Morgan fingerprint density at radius 2 is 1.24 bits per heavy atom. The van der Waals surface area contributed by atoms with Crippen LogP contribution in [0.25, 0.3) is 66.7 Å². The Balaban J connectivity index is 1.24. The Morgan fingerprint density at radius 3 is 2.08 bits per heavy atom. The first kappa shape index (κ1) is 29.4. The van der Waals surface area contributed by atoms with Gasteiger partial charge in [0.05, 0.1) is 33.4 Å². The number of para-hydroxylation sites is 5. The zero-order chi connectivity index (χ0) is 33.6. The van der Waals surface area contributed by atoms with Crippen molar-refractivity contribution in [3.63, 3.8) is 0 Å². The Labute approximate surface area is 290 Å². The summed E-state index contributed by atoms with van der Waals surface area (Å²) >= 11 is 0. The number of imidazole rings is 1. The van der Waals surface area contributed by atoms with Crippen molar-refractivity contribution in [1.82, 2.24) is 14.1 Å². The van der Waals surface area contributed by atoms with E-state index in [0.717, 1.165) is 78.2 Å². The van der Waals surface area contributed by atoms with Crippen LogP contribution < -0.4 is 5.32 Å². The number of anilines is 2. The molecule has 50 heavy (non-hydrogen) atoms. The van der Waals surface area contributed by atoms with Crippen LogP contribution >= 0.6 is 0 Å². The lowest BCUT2D eigenvalue weighted by molar-refractivity contribution is 1.10. The van der Waals surface area contributed by atoms with Gasteiger partial charge in [0.25, 0.3) is 0 Å². The molecule has 0 radical (unpaired) electrons. The smallest absolute Gasteiger partial charge is 0.145 e. The average molecular weight is 644 g/mol. The van der Waals surface area contributed by atoms with Gasteiger partial charge in [0.2, 0.25) is 0 Å². The highest BCUT2D eigenvalue weighted by atomic mass is 15.1. The normalized spacial score (nSPS) is 11.4. The summed E-state index contributed by atoms with van der Waals surface area (Å²) in [4.78, 5) is 9.66. The van der Waals surface area contributed by atoms with Gasteiger partial charge in [0, 0.05) is 39.0 Å². The Bertz CT molecular complexity index is 2720. The van der Waals surface area contributed by atoms with E-state index in [4.69, 9.17) is 4.98 Å². The fraction of sp³-hybridized carbons (Fsp3) is 0.0222. The minimum Gasteiger partial charge on any atom is -0.353 e. The van der Waals surface area contributed by atoms with E-state index in [9.17, 15) is 0 Å². The Hall–Kier alpha value is -6.72. The van der Waals surface area contributed by atoms with Crippen LogP contribution in [0.1, 0.15) is 5.56 Å². The van der Waals surface area contributed by atoms with E-state index in [1.807, 2.05) is 12.1 Å². The van der Waals surface area contributed by atoms with Crippen LogP contribution in [0.3, 0.4) is 0 Å². The van der Waals surface area contributed by atoms with Gasteiger partial charge in [-0.1, -0.05) is 103 Å². The Morgan fingerprint density at radius 1 is 0.540 bits per heavy atom. The summed E-state index contributed by atoms with van der Waals surface area (Å²) in [6.45, 7) is 6.12. The third-order valence-corrected chi connectivity index (χ3v) is 9.53. The number of nitrogens with zero attached hydrogens (tertiary/aromatic N) is 4. The van der Waals surface area contributed by atoms with Gasteiger partial charge in [-0.05, 0) is 85.4 Å². The van der Waals surface area contributed by atoms with Gasteiger partial charge in [-0.3, -0.25) is 9.56 Å². The van der Waals surface area contributed by atoms with Gasteiger partial charge in [0.15, 0.2) is 0 Å². The molecule has 5 heteroatoms. The van der Waals surface area contributed by atoms with E-state index >= 15 is 0 Å². The van der Waals surface area contributed by atoms with Gasteiger partial charge >= 0.3 is 0 Å². The van der Waals surface area contributed by atoms with Gasteiger partial charge in [-0.2, -0.15) is 0 Å². The van der Waals surface area contributed by atoms with Crippen molar-refractivity contribution in [2.75, 3.05) is 5.32 Å². The standard InChI is InChI=1S/C45H33N5/c1-30-15-6-7-20-34(30)35-21-8-10-23-38(35)47-41-29-44-37(28-40(41)46-2)36-22-9-12-25-42(36)49(44)33-19-14-16-31(27-33)45-48-39-24-11-13-26-43(39)50(45)32-17-4-3-5-18-32/h3-29,47H,2H2,1H3. The van der Waals surface area contributed by atoms with Crippen molar-refractivity contribution >= 4 is 56.6 Å². The zero-order valence-electron chi connectivity index (χ0n) is 27.6. The molecule has 0 spiro atoms. The predicted octanol–water partition coefficient (Wildman–Crippen LogP) is 11.8. The molecular formula is C45H33N5. The molecule has 1 N–H and O–H groups in total. The molecule has 2 aromatic heterocycles. The molecule has 0 aliphatic heterocycles. The molecule has 0 saturated carbocycles. The summed E-state index contributed by atoms with van der Waals surface area (Å²) < 4.78 is 4.59. The van der Waals surface area contributed by atoms with Crippen molar-refractivity contribution in [2.24, 2.45) is 4.99 Å². The lowest BCUT2D eigenvalue weighted by Crippen LogP contribution is -1.99. The quantitative estimate of drug-likeness (QED) is 0.176. The highest BCUT2D eigenvalue weighted by molar-refractivity contribution is 6.12. The maximum Gasteiger partial charge on any atom is 0.145 e. The summed E-state index contributed by atoms with van der Waals surface area (Å²) in [5.41, 5.74) is 13.6. The lowest BCUT2D eigenvalue weighted by Gasteiger charge is -2.16. The zero-order valence-corrected chi connectivity index (χ0v) is 27.6. The molecule has 0 atom stereocenters. The van der Waals surface area contributed by atoms with Crippen molar-refractivity contribution in [1.29, 1.82) is 0 Å². The average Bonchev–Trinajstić information content (AvgIpc) is 3.71. The van der Waals surface area contributed by atoms with Crippen LogP contribution in [0.5, 0.6) is 0 Å². The second-order valence-electron chi connectivity index (χ2n) is 12.5. The number of hydrogen-bond acceptors (Lipinski definition) is 3. The van der Waals surface area contributed by atoms with Crippen molar-refractivity contribution in [3.05, 3.63) is 169 Å². The van der Waals surface area contributed by atoms with E-state index < -0.39 is 0 Å². The van der Waals surface area contributed by atoms with E-state index in [-0.39, 0.29) is 0 Å². The van der Waals surface area contributed by atoms with Crippen LogP contribution in [0.2, 0.25) is 0 Å². The number of nitrogens with one attached hydrogen (secondary N) is 1. The molecule has 7 aromatic carbocycles. The molecule has 5 nitrogen and oxygen atoms in total. The predicted molar refractivity (Wildman–Crippen MR) is 210 cm³/mol. The van der Waals surface area contributed by atoms with Crippen molar-refractivity contribution in [2.45, 2.75) is 6.92 Å². The van der Waals surface area contributed by atoms with E-state index in [2.05, 4.69) is 185 Å². The van der Waals surface area contributed by atoms with Crippen LogP contribution in [0.4, 0.5) is 17.1 Å². The van der Waals surface area contributed by atoms with Crippen LogP contribution in [-0.4, -0.2) is 20.8 Å². The van der Waals surface area contributed by atoms with Gasteiger partial charge < -0.3 is 9.88 Å². The number of hydrogen-bond donors (Lipinski definition) is 1. The number of aliphatic imine (C=N–C) groups is 1. The molecule has 0 amide bonds. The van der Waals surface area contributed by atoms with Gasteiger partial charge in [-0.15, -0.1) is 0 Å². The number of aromatic nitrogens is 3. The molecule has 0 bridgehead atoms. The minimum atomic E-state index is 0.797. The van der Waals surface area contributed by atoms with E-state index in [1.165, 1.54) is 11.1 Å². The first-order valence-electron chi connectivity index (χ1n) is 16.8. The number of rotatable bonds is 7. The first-order chi connectivity index (χ1) is 24.7. The van der Waals surface area contributed by atoms with Gasteiger partial charge in [0.1, 0.15) is 5.82 Å². The Kier molecular flexibility index (Phi) is 7.10. The summed E-state index contributed by atoms with van der Waals surface area (Å²) in [7, 11) is 0. The molecule has 0 fully saturated rings. The monoisotopic (exact) mass is 643 g/mol. The summed E-state index contributed by atoms with van der Waals surface area (Å²) in [6, 6.07) is 57.3. The largest absolute Gasteiger partial charge is 0.353 e. The van der Waals surface area contributed by atoms with Gasteiger partial charge in [-0.25, -0.2) is 4.98 Å². The van der Waals surface area contributed by atoms with Crippen LogP contribution in [0.15, 0.2) is 169 Å². The lowest BCUT2D eigenvalue weighted by atomic mass is 9.99. The van der Waals surface area contributed by atoms with Crippen LogP contribution in [0, 0.1) is 6.92 Å². The maximum absolute atomic E-state index is 5.15. The molecule has 0 aliphatic carbocycles. The molecule has 0 unspecified atom stereocenters. The topological polar surface area (TPSA) is 47.1 Å². The SMILES string of the molecule is C=Nc1cc2c3ccccc3n(-c3cccc(-c4nc5ccccc5n4-c4ccccc4)c3)c2cc1Nc1ccccc1-c1ccccc1C. The summed E-state index contributed by atoms with van der Waals surface area (Å²) in [5, 5.41) is 6.02. The third-order valence-electron chi connectivity index (χ3n) is 9.53. The maximum atomic E-state index is 5.15. The molecule has 9 aromatic rings. The fourth-order valence-corrected chi connectivity index (χ4v) is 7.20. The summed E-state index contributed by atoms with van der Waals surface area (Å²) in [5.74, 6) is 0.897. The molecule has 9 rings (SSSR count). The molecule has 0 aliphatic rings. The van der Waals surface area contributed by atoms with Crippen molar-refractivity contribution < 1.29 is 0 Å². The molecule has 238 valence electrons. The van der Waals surface area contributed by atoms with Crippen molar-refractivity contribution in [3.8, 4) is 33.9 Å². The third kappa shape index (κ3) is 4.87. The van der Waals surface area contributed by atoms with E-state index in [1.54, 1.807) is 0 Å². The number of fused-ring (bicyclic) bond motifs is 4. The number of aryl methyl sites for hydroxylation is 1. The minimum absolute atomic E-state index is 0.797. The highest BCUT2D eigenvalue weighted by Crippen LogP contribution is 2.41. The summed E-state index contributed by atoms with van der Waals surface area (Å²) in [6.07, 6.45) is 0. The first-order valence-corrected chi connectivity index (χ1v) is 16.8. The van der Waals surface area contributed by atoms with E-state index in [0.29, 0.717) is 0 Å². The molecule has 0 saturated heterocycles. The fourth-order valence-electron chi connectivity index (χ4n) is 7.20. The molecule has 2 heterocycles. The second-order valence-corrected chi connectivity index (χ2v) is 12.5. The second kappa shape index (κ2) is 12.1. The number of benzene rings is 7. The highest BCUT2D eigenvalue weighted by Gasteiger charge is 2.19. The van der Waals surface area contributed by atoms with Crippen LogP contribution in [-0.2, 0) is 0 Å². The molecular weight excluding hydrogens is 611 g/mol.